The van der Waals surface area contributed by atoms with Gasteiger partial charge in [0.15, 0.2) is 5.78 Å². The average molecular weight is 1860 g/mol. The highest BCUT2D eigenvalue weighted by atomic mass is 16.4. The number of aliphatic hydroxyl groups is 5. The predicted octanol–water partition coefficient (Wildman–Crippen LogP) is 26.9. The largest absolute Gasteiger partial charge is 0.481 e. The van der Waals surface area contributed by atoms with E-state index in [1.807, 2.05) is 13.0 Å². The zero-order valence-corrected chi connectivity index (χ0v) is 89.5. The molecule has 14 nitrogen and oxygen atoms in total. The Morgan fingerprint density at radius 2 is 0.664 bits per heavy atom. The zero-order valence-electron chi connectivity index (χ0n) is 89.5. The fraction of sp³-hybridized carbons (Fsp3) is 0.892. The Morgan fingerprint density at radius 1 is 0.306 bits per heavy atom. The molecule has 20 rings (SSSR count). The van der Waals surface area contributed by atoms with Gasteiger partial charge in [0, 0.05) is 5.92 Å². The quantitative estimate of drug-likeness (QED) is 0.119. The summed E-state index contributed by atoms with van der Waals surface area (Å²) in [6.45, 7) is 65.9. The van der Waals surface area contributed by atoms with Crippen molar-refractivity contribution in [2.24, 2.45) is 207 Å². The van der Waals surface area contributed by atoms with E-state index in [1.165, 1.54) is 48.0 Å². The van der Waals surface area contributed by atoms with Crippen LogP contribution in [0.25, 0.3) is 0 Å². The second kappa shape index (κ2) is 31.7. The number of hydrogen-bond acceptors (Lipinski definition) is 10. The van der Waals surface area contributed by atoms with Gasteiger partial charge in [0.25, 0.3) is 0 Å². The first-order valence-electron chi connectivity index (χ1n) is 55.2. The Morgan fingerprint density at radius 3 is 1.11 bits per heavy atom. The van der Waals surface area contributed by atoms with Crippen LogP contribution in [0.3, 0.4) is 0 Å². The normalized spacial score (nSPS) is 53.8. The Bertz CT molecular complexity index is 4820. The molecule has 0 saturated heterocycles. The minimum absolute atomic E-state index is 0.0296. The number of carbonyl (C=O) groups excluding carboxylic acids is 1. The molecular formula is C120H190O14. The van der Waals surface area contributed by atoms with Crippen molar-refractivity contribution in [3.63, 3.8) is 0 Å². The molecule has 0 radical (unpaired) electrons. The SMILES string of the molecule is CC1(C)CC[C@]2(C(=O)O)CC[C@]3(C)C(=CCC4[C@@]5(C)CC[C@H](O)C(C)(C)C5[C@H](O)C[C@]43C)C2C1.CC1(C)CC[C@]2(C(=O)O)CC[C@]3(C)C(=CC[C@@H]4[C@@]5(C)CC[C@H](O)C(C)(C)[C@@H]5CC[C@]43C)[C@@H]2C1.CC1(C)[C@@H](O)CC[C@]2(C)[C@H]3C(=O)C=C4[C@@H]5C[C@@](C)(C(=O)O)CC[C@]5(C)CC[C@@]4(C)[C@]3(C)CC[C@@H]12.C[C@H]1[C@H](C)CC[C@]2(C(=O)O)CC[C@]3(C)C(=CC[C@@H]4[C@@]5(C)CC[C@H](O)C(C)(C)[C@@H]5CC[C@]43C)[C@H]12. The van der Waals surface area contributed by atoms with Crippen LogP contribution in [0.2, 0.25) is 0 Å². The lowest BCUT2D eigenvalue weighted by Crippen LogP contribution is -2.68. The highest BCUT2D eigenvalue weighted by molar-refractivity contribution is 5.96. The van der Waals surface area contributed by atoms with Crippen molar-refractivity contribution in [2.45, 2.75) is 462 Å². The number of ketones is 1. The summed E-state index contributed by atoms with van der Waals surface area (Å²) in [6.07, 6.45) is 43.7. The van der Waals surface area contributed by atoms with Crippen molar-refractivity contribution in [1.29, 1.82) is 0 Å². The van der Waals surface area contributed by atoms with Crippen LogP contribution < -0.4 is 0 Å². The number of allylic oxidation sites excluding steroid dienone is 8. The number of fused-ring (bicyclic) bond motifs is 28. The molecule has 0 bridgehead atoms. The number of hydrogen-bond donors (Lipinski definition) is 9. The van der Waals surface area contributed by atoms with Crippen molar-refractivity contribution < 1.29 is 69.9 Å². The van der Waals surface area contributed by atoms with Crippen LogP contribution >= 0.6 is 0 Å². The molecule has 20 aliphatic rings. The summed E-state index contributed by atoms with van der Waals surface area (Å²) in [6, 6.07) is 0. The molecule has 36 atom stereocenters. The van der Waals surface area contributed by atoms with Crippen molar-refractivity contribution >= 4 is 29.7 Å². The lowest BCUT2D eigenvalue weighted by atomic mass is 9.33. The number of carboxylic acids is 4. The van der Waals surface area contributed by atoms with Crippen LogP contribution in [0, 0.1) is 207 Å². The van der Waals surface area contributed by atoms with Crippen LogP contribution in [0.1, 0.15) is 431 Å². The Balaban J connectivity index is 0.000000124. The molecule has 0 heterocycles. The maximum absolute atomic E-state index is 14.2. The monoisotopic (exact) mass is 1860 g/mol. The van der Waals surface area contributed by atoms with E-state index in [-0.39, 0.29) is 169 Å². The second-order valence-electron chi connectivity index (χ2n) is 59.7. The highest BCUT2D eigenvalue weighted by Gasteiger charge is 2.77. The molecule has 9 N–H and O–H groups in total. The molecule has 0 aromatic rings. The first-order chi connectivity index (χ1) is 61.5. The van der Waals surface area contributed by atoms with Crippen LogP contribution in [0.5, 0.6) is 0 Å². The van der Waals surface area contributed by atoms with E-state index in [9.17, 15) is 69.9 Å². The van der Waals surface area contributed by atoms with Gasteiger partial charge in [-0.05, 0) is 430 Å². The van der Waals surface area contributed by atoms with Gasteiger partial charge < -0.3 is 46.0 Å². The smallest absolute Gasteiger partial charge is 0.310 e. The standard InChI is InChI=1S/C30H46O4.C30H48O4.2C30H48O3/c1-25(2)21-8-11-30(7)23(28(21,5)10-9-22(25)32)20(31)16-18-19-17-27(4,24(33)34)13-12-26(19,3)14-15-29(18,30)6;1-25(2)12-14-30(24(33)34)15-13-28(6)18(19(30)16-25)8-9-21-27(5)11-10-22(32)26(3,4)23(27)20(31)17-29(21,28)7;1-18-10-15-30(25(32)33)17-16-28(6)20(24(30)19(18)2)8-9-22-27(5)13-12-23(31)26(3,4)21(27)11-14-29(22,28)7;1-25(2)14-16-30(24(32)33)17-15-28(6)19(20(30)18-25)8-9-22-27(5)12-11-23(31)26(3,4)21(27)10-13-29(22,28)7/h16,19,21-23,32H,8-15,17H2,1-7H3,(H,33,34);8,19-23,31-32H,9-17H2,1-7H3,(H,33,34);8,18-19,21-24,31H,9-17H2,1-7H3,(H,32,33);8,20-23,31H,9-18H2,1-7H3,(H,32,33)/t19-,21-,22-,23+,26+,27-,28-,29+,30+;19?,20-,21?,22+,23?,27-,28-,29-,30+;18-,19+,21+,22-,23+,24+,27+,28-,29-,30+;20-,21-,22+,23-,27-,28+,29+,30-/m0110/s1. The summed E-state index contributed by atoms with van der Waals surface area (Å²) >= 11 is 0. The fourth-order valence-corrected chi connectivity index (χ4v) is 42.6. The molecule has 16 saturated carbocycles. The molecule has 0 aliphatic heterocycles. The summed E-state index contributed by atoms with van der Waals surface area (Å²) < 4.78 is 0. The Hall–Kier alpha value is -3.69. The van der Waals surface area contributed by atoms with E-state index in [0.717, 1.165) is 205 Å². The molecule has 20 aliphatic carbocycles. The fourth-order valence-electron chi connectivity index (χ4n) is 42.6. The van der Waals surface area contributed by atoms with Gasteiger partial charge >= 0.3 is 23.9 Å². The van der Waals surface area contributed by atoms with Gasteiger partial charge in [0.05, 0.1) is 52.2 Å². The first kappa shape index (κ1) is 102. The van der Waals surface area contributed by atoms with E-state index in [2.05, 4.69) is 205 Å². The van der Waals surface area contributed by atoms with E-state index in [1.54, 1.807) is 0 Å². The average Bonchev–Trinajstić information content (AvgIpc) is 0.677. The van der Waals surface area contributed by atoms with Crippen molar-refractivity contribution in [3.8, 4) is 0 Å². The Labute approximate surface area is 810 Å². The minimum atomic E-state index is -0.711. The van der Waals surface area contributed by atoms with Crippen LogP contribution in [-0.2, 0) is 24.0 Å². The van der Waals surface area contributed by atoms with Crippen molar-refractivity contribution in [2.75, 3.05) is 0 Å². The predicted molar refractivity (Wildman–Crippen MR) is 532 cm³/mol. The molecule has 0 amide bonds. The van der Waals surface area contributed by atoms with Gasteiger partial charge in [-0.3, -0.25) is 24.0 Å². The van der Waals surface area contributed by atoms with E-state index in [0.29, 0.717) is 53.8 Å². The van der Waals surface area contributed by atoms with Gasteiger partial charge in [-0.25, -0.2) is 0 Å². The third-order valence-corrected chi connectivity index (χ3v) is 52.4. The lowest BCUT2D eigenvalue weighted by molar-refractivity contribution is -0.242. The Kier molecular flexibility index (Phi) is 24.0. The van der Waals surface area contributed by atoms with Crippen molar-refractivity contribution in [1.82, 2.24) is 0 Å². The molecule has 0 aromatic carbocycles. The summed E-state index contributed by atoms with van der Waals surface area (Å²) in [4.78, 5) is 64.7. The summed E-state index contributed by atoms with van der Waals surface area (Å²) in [5.41, 5.74) is 3.70. The molecule has 14 heteroatoms. The number of rotatable bonds is 4. The third kappa shape index (κ3) is 13.5. The van der Waals surface area contributed by atoms with Crippen molar-refractivity contribution in [3.05, 3.63) is 46.6 Å². The molecule has 3 unspecified atom stereocenters. The second-order valence-corrected chi connectivity index (χ2v) is 59.7. The van der Waals surface area contributed by atoms with Gasteiger partial charge in [-0.2, -0.15) is 0 Å². The molecule has 134 heavy (non-hydrogen) atoms. The van der Waals surface area contributed by atoms with Crippen LogP contribution in [0.4, 0.5) is 0 Å². The first-order valence-corrected chi connectivity index (χ1v) is 55.2. The highest BCUT2D eigenvalue weighted by Crippen LogP contribution is 2.83. The number of carbonyl (C=O) groups is 5. The van der Waals surface area contributed by atoms with Crippen LogP contribution in [0.15, 0.2) is 46.6 Å². The van der Waals surface area contributed by atoms with E-state index >= 15 is 0 Å². The molecule has 0 aromatic heterocycles. The molecule has 754 valence electrons. The van der Waals surface area contributed by atoms with Gasteiger partial charge in [0.1, 0.15) is 0 Å². The topological polar surface area (TPSA) is 267 Å². The molecule has 16 fully saturated rings. The van der Waals surface area contributed by atoms with Gasteiger partial charge in [-0.1, -0.05) is 227 Å². The lowest BCUT2D eigenvalue weighted by Gasteiger charge is -2.72. The van der Waals surface area contributed by atoms with Gasteiger partial charge in [-0.15, -0.1) is 0 Å². The number of aliphatic carboxylic acids is 4. The summed E-state index contributed by atoms with van der Waals surface area (Å²) in [7, 11) is 0. The van der Waals surface area contributed by atoms with E-state index in [4.69, 9.17) is 0 Å². The summed E-state index contributed by atoms with van der Waals surface area (Å²) in [5.74, 6) is 2.70. The number of aliphatic hydroxyl groups excluding tert-OH is 5. The maximum Gasteiger partial charge on any atom is 0.310 e. The number of carboxylic acid groups (broad SMARTS) is 4. The molecule has 0 spiro atoms. The maximum atomic E-state index is 14.2. The van der Waals surface area contributed by atoms with Crippen LogP contribution in [-0.4, -0.2) is 106 Å². The summed E-state index contributed by atoms with van der Waals surface area (Å²) in [5, 5.41) is 96.8. The third-order valence-electron chi connectivity index (χ3n) is 52.4. The molecular weight excluding hydrogens is 1670 g/mol. The zero-order chi connectivity index (χ0) is 98.7. The van der Waals surface area contributed by atoms with E-state index < -0.39 is 51.6 Å². The van der Waals surface area contributed by atoms with Gasteiger partial charge in [0.2, 0.25) is 0 Å². The minimum Gasteiger partial charge on any atom is -0.481 e.